The van der Waals surface area contributed by atoms with Crippen molar-refractivity contribution in [2.75, 3.05) is 0 Å². The van der Waals surface area contributed by atoms with Crippen LogP contribution in [0.5, 0.6) is 0 Å². The Morgan fingerprint density at radius 3 is 2.45 bits per heavy atom. The molecule has 1 rings (SSSR count). The van der Waals surface area contributed by atoms with Gasteiger partial charge >= 0.3 is 0 Å². The Labute approximate surface area is 68.5 Å². The van der Waals surface area contributed by atoms with Gasteiger partial charge in [-0.2, -0.15) is 5.10 Å². The Hall–Kier alpha value is -1.05. The molecule has 62 valence electrons. The second kappa shape index (κ2) is 5.71. The lowest BCUT2D eigenvalue weighted by Crippen LogP contribution is -1.89. The van der Waals surface area contributed by atoms with Gasteiger partial charge < -0.3 is 0 Å². The summed E-state index contributed by atoms with van der Waals surface area (Å²) in [7, 11) is 0. The molecule has 1 aromatic heterocycles. The van der Waals surface area contributed by atoms with Gasteiger partial charge in [-0.15, -0.1) is 0 Å². The van der Waals surface area contributed by atoms with E-state index in [1.54, 1.807) is 6.20 Å². The molecule has 0 fully saturated rings. The van der Waals surface area contributed by atoms with Crippen LogP contribution in [0.1, 0.15) is 26.5 Å². The molecule has 1 aromatic rings. The van der Waals surface area contributed by atoms with Crippen molar-refractivity contribution in [3.8, 4) is 0 Å². The van der Waals surface area contributed by atoms with E-state index in [0.717, 1.165) is 5.69 Å². The summed E-state index contributed by atoms with van der Waals surface area (Å²) in [5.74, 6) is 0. The van der Waals surface area contributed by atoms with Crippen LogP contribution in [0.3, 0.4) is 0 Å². The van der Waals surface area contributed by atoms with Crippen LogP contribution in [-0.4, -0.2) is 9.78 Å². The number of allylic oxidation sites excluding steroid dienone is 1. The highest BCUT2D eigenvalue weighted by atomic mass is 15.3. The Morgan fingerprint density at radius 2 is 2.09 bits per heavy atom. The smallest absolute Gasteiger partial charge is 0.0496 e. The first-order valence-corrected chi connectivity index (χ1v) is 3.97. The zero-order chi connectivity index (χ0) is 8.69. The minimum Gasteiger partial charge on any atom is -0.246 e. The number of rotatable bonds is 1. The maximum absolute atomic E-state index is 4.04. The molecule has 0 atom stereocenters. The first-order chi connectivity index (χ1) is 5.34. The number of aryl methyl sites for hydroxylation is 1. The molecule has 0 aromatic carbocycles. The van der Waals surface area contributed by atoms with Gasteiger partial charge in [-0.25, -0.2) is 4.68 Å². The molecule has 0 aliphatic carbocycles. The van der Waals surface area contributed by atoms with Crippen LogP contribution in [0.15, 0.2) is 18.3 Å². The highest BCUT2D eigenvalue weighted by Crippen LogP contribution is 1.94. The van der Waals surface area contributed by atoms with E-state index in [4.69, 9.17) is 0 Å². The molecule has 0 unspecified atom stereocenters. The molecule has 0 aliphatic heterocycles. The summed E-state index contributed by atoms with van der Waals surface area (Å²) in [4.78, 5) is 0. The fourth-order valence-electron chi connectivity index (χ4n) is 0.678. The van der Waals surface area contributed by atoms with Crippen molar-refractivity contribution in [1.29, 1.82) is 0 Å². The SMILES string of the molecule is C/C=C\n1nccc1C.CC. The number of hydrogen-bond donors (Lipinski definition) is 0. The molecule has 0 amide bonds. The Balaban J connectivity index is 0.000000461. The van der Waals surface area contributed by atoms with Gasteiger partial charge in [0.05, 0.1) is 0 Å². The maximum Gasteiger partial charge on any atom is 0.0496 e. The molecule has 1 heterocycles. The van der Waals surface area contributed by atoms with E-state index in [0.29, 0.717) is 0 Å². The van der Waals surface area contributed by atoms with Crippen molar-refractivity contribution in [1.82, 2.24) is 9.78 Å². The number of nitrogens with zero attached hydrogens (tertiary/aromatic N) is 2. The van der Waals surface area contributed by atoms with Crippen LogP contribution < -0.4 is 0 Å². The molecular formula is C9H16N2. The van der Waals surface area contributed by atoms with E-state index in [-0.39, 0.29) is 0 Å². The number of hydrogen-bond acceptors (Lipinski definition) is 1. The Bertz CT molecular complexity index is 211. The highest BCUT2D eigenvalue weighted by Gasteiger charge is 1.87. The van der Waals surface area contributed by atoms with Crippen molar-refractivity contribution in [3.63, 3.8) is 0 Å². The quantitative estimate of drug-likeness (QED) is 0.605. The molecule has 0 saturated heterocycles. The van der Waals surface area contributed by atoms with Gasteiger partial charge in [0.2, 0.25) is 0 Å². The summed E-state index contributed by atoms with van der Waals surface area (Å²) in [6.45, 7) is 7.99. The van der Waals surface area contributed by atoms with E-state index in [1.165, 1.54) is 0 Å². The van der Waals surface area contributed by atoms with E-state index < -0.39 is 0 Å². The summed E-state index contributed by atoms with van der Waals surface area (Å²) in [5, 5.41) is 4.04. The van der Waals surface area contributed by atoms with Crippen molar-refractivity contribution in [2.24, 2.45) is 0 Å². The topological polar surface area (TPSA) is 17.8 Å². The molecule has 2 heteroatoms. The van der Waals surface area contributed by atoms with Crippen molar-refractivity contribution in [3.05, 3.63) is 24.0 Å². The second-order valence-electron chi connectivity index (χ2n) is 1.90. The van der Waals surface area contributed by atoms with Gasteiger partial charge in [0, 0.05) is 18.1 Å². The molecule has 2 nitrogen and oxygen atoms in total. The van der Waals surface area contributed by atoms with E-state index >= 15 is 0 Å². The third-order valence-corrected chi connectivity index (χ3v) is 1.16. The van der Waals surface area contributed by atoms with Gasteiger partial charge in [0.25, 0.3) is 0 Å². The lowest BCUT2D eigenvalue weighted by molar-refractivity contribution is 0.896. The van der Waals surface area contributed by atoms with E-state index in [1.807, 2.05) is 50.7 Å². The monoisotopic (exact) mass is 152 g/mol. The van der Waals surface area contributed by atoms with Gasteiger partial charge in [-0.05, 0) is 19.9 Å². The molecule has 0 radical (unpaired) electrons. The summed E-state index contributed by atoms with van der Waals surface area (Å²) in [6.07, 6.45) is 5.67. The third-order valence-electron chi connectivity index (χ3n) is 1.16. The van der Waals surface area contributed by atoms with Gasteiger partial charge in [0.1, 0.15) is 0 Å². The largest absolute Gasteiger partial charge is 0.246 e. The van der Waals surface area contributed by atoms with Gasteiger partial charge in [-0.3, -0.25) is 0 Å². The normalized spacial score (nSPS) is 9.45. The minimum absolute atomic E-state index is 1.16. The van der Waals surface area contributed by atoms with Crippen molar-refractivity contribution in [2.45, 2.75) is 27.7 Å². The van der Waals surface area contributed by atoms with E-state index in [2.05, 4.69) is 5.10 Å². The van der Waals surface area contributed by atoms with Crippen LogP contribution in [0.2, 0.25) is 0 Å². The van der Waals surface area contributed by atoms with Gasteiger partial charge in [0.15, 0.2) is 0 Å². The predicted molar refractivity (Wildman–Crippen MR) is 49.3 cm³/mol. The molecule has 0 aliphatic rings. The molecular weight excluding hydrogens is 136 g/mol. The zero-order valence-corrected chi connectivity index (χ0v) is 7.70. The molecule has 11 heavy (non-hydrogen) atoms. The fraction of sp³-hybridized carbons (Fsp3) is 0.444. The standard InChI is InChI=1S/C7H10N2.C2H6/c1-3-6-9-7(2)4-5-8-9;1-2/h3-6H,1-2H3;1-2H3/b6-3-;. The van der Waals surface area contributed by atoms with Crippen LogP contribution in [0.4, 0.5) is 0 Å². The highest BCUT2D eigenvalue weighted by molar-refractivity contribution is 5.22. The molecule has 0 saturated carbocycles. The Kier molecular flexibility index (Phi) is 5.17. The maximum atomic E-state index is 4.04. The summed E-state index contributed by atoms with van der Waals surface area (Å²) in [5.41, 5.74) is 1.16. The Morgan fingerprint density at radius 1 is 1.45 bits per heavy atom. The number of aromatic nitrogens is 2. The van der Waals surface area contributed by atoms with Crippen LogP contribution in [0.25, 0.3) is 6.20 Å². The molecule has 0 bridgehead atoms. The van der Waals surface area contributed by atoms with E-state index in [9.17, 15) is 0 Å². The average Bonchev–Trinajstić information content (AvgIpc) is 2.42. The fourth-order valence-corrected chi connectivity index (χ4v) is 0.678. The first-order valence-electron chi connectivity index (χ1n) is 3.97. The minimum atomic E-state index is 1.16. The summed E-state index contributed by atoms with van der Waals surface area (Å²) < 4.78 is 1.83. The van der Waals surface area contributed by atoms with Crippen LogP contribution >= 0.6 is 0 Å². The lowest BCUT2D eigenvalue weighted by Gasteiger charge is -1.91. The molecule has 0 N–H and O–H groups in total. The zero-order valence-electron chi connectivity index (χ0n) is 7.70. The third kappa shape index (κ3) is 3.03. The van der Waals surface area contributed by atoms with Crippen LogP contribution in [-0.2, 0) is 0 Å². The first kappa shape index (κ1) is 9.95. The lowest BCUT2D eigenvalue weighted by atomic mass is 10.5. The van der Waals surface area contributed by atoms with Crippen molar-refractivity contribution < 1.29 is 0 Å². The summed E-state index contributed by atoms with van der Waals surface area (Å²) >= 11 is 0. The van der Waals surface area contributed by atoms with Gasteiger partial charge in [-0.1, -0.05) is 19.9 Å². The molecule has 0 spiro atoms. The second-order valence-corrected chi connectivity index (χ2v) is 1.90. The van der Waals surface area contributed by atoms with Crippen LogP contribution in [0, 0.1) is 6.92 Å². The predicted octanol–water partition coefficient (Wildman–Crippen LogP) is 2.71. The summed E-state index contributed by atoms with van der Waals surface area (Å²) in [6, 6.07) is 1.97. The average molecular weight is 152 g/mol. The van der Waals surface area contributed by atoms with Crippen molar-refractivity contribution >= 4 is 6.20 Å².